The maximum Gasteiger partial charge on any atom is 0.318 e. The number of likely N-dealkylation sites (N-methyl/N-ethyl adjacent to an activating group) is 1. The first kappa shape index (κ1) is 17.8. The SMILES string of the molecule is CCN(CCc1ccncc1)C(=O)C(=O)N(C=O)CCCN. The second kappa shape index (κ2) is 9.62. The standard InChI is InChI=1S/C15H22N4O3/c1-2-18(11-6-13-4-8-17-9-5-13)14(21)15(22)19(12-20)10-3-7-16/h4-5,8-9,12H,2-3,6-7,10-11,16H2,1H3. The van der Waals surface area contributed by atoms with Crippen molar-refractivity contribution in [3.05, 3.63) is 30.1 Å². The lowest BCUT2D eigenvalue weighted by Crippen LogP contribution is -2.46. The zero-order chi connectivity index (χ0) is 16.4. The van der Waals surface area contributed by atoms with Crippen molar-refractivity contribution in [1.82, 2.24) is 14.8 Å². The molecule has 0 atom stereocenters. The number of hydrogen-bond acceptors (Lipinski definition) is 5. The maximum absolute atomic E-state index is 12.2. The van der Waals surface area contributed by atoms with Crippen molar-refractivity contribution >= 4 is 18.2 Å². The van der Waals surface area contributed by atoms with Crippen LogP contribution >= 0.6 is 0 Å². The van der Waals surface area contributed by atoms with E-state index in [-0.39, 0.29) is 6.54 Å². The van der Waals surface area contributed by atoms with Crippen LogP contribution in [0.5, 0.6) is 0 Å². The van der Waals surface area contributed by atoms with Crippen LogP contribution in [0.25, 0.3) is 0 Å². The molecule has 0 spiro atoms. The minimum atomic E-state index is -0.806. The second-order valence-electron chi connectivity index (χ2n) is 4.74. The first-order chi connectivity index (χ1) is 10.6. The summed E-state index contributed by atoms with van der Waals surface area (Å²) in [5, 5.41) is 0. The van der Waals surface area contributed by atoms with E-state index in [1.165, 1.54) is 4.90 Å². The molecule has 120 valence electrons. The molecule has 7 nitrogen and oxygen atoms in total. The lowest BCUT2D eigenvalue weighted by Gasteiger charge is -2.23. The number of aromatic nitrogens is 1. The molecule has 0 aliphatic rings. The van der Waals surface area contributed by atoms with Gasteiger partial charge in [-0.2, -0.15) is 0 Å². The van der Waals surface area contributed by atoms with Crippen molar-refractivity contribution in [2.45, 2.75) is 19.8 Å². The Labute approximate surface area is 130 Å². The van der Waals surface area contributed by atoms with Gasteiger partial charge in [-0.25, -0.2) is 0 Å². The number of amides is 3. The third-order valence-electron chi connectivity index (χ3n) is 3.26. The van der Waals surface area contributed by atoms with Crippen LogP contribution in [0.3, 0.4) is 0 Å². The highest BCUT2D eigenvalue weighted by atomic mass is 16.2. The highest BCUT2D eigenvalue weighted by molar-refractivity contribution is 6.36. The quantitative estimate of drug-likeness (QED) is 0.530. The van der Waals surface area contributed by atoms with Crippen LogP contribution in [0.1, 0.15) is 18.9 Å². The van der Waals surface area contributed by atoms with E-state index in [4.69, 9.17) is 5.73 Å². The average molecular weight is 306 g/mol. The van der Waals surface area contributed by atoms with Gasteiger partial charge < -0.3 is 10.6 Å². The summed E-state index contributed by atoms with van der Waals surface area (Å²) in [5.74, 6) is -1.47. The van der Waals surface area contributed by atoms with Crippen LogP contribution in [0.2, 0.25) is 0 Å². The van der Waals surface area contributed by atoms with Gasteiger partial charge in [-0.15, -0.1) is 0 Å². The highest BCUT2D eigenvalue weighted by Gasteiger charge is 2.25. The zero-order valence-corrected chi connectivity index (χ0v) is 12.8. The van der Waals surface area contributed by atoms with E-state index in [9.17, 15) is 14.4 Å². The number of nitrogens with two attached hydrogens (primary N) is 1. The molecule has 0 saturated carbocycles. The summed E-state index contributed by atoms with van der Waals surface area (Å²) < 4.78 is 0. The van der Waals surface area contributed by atoms with Crippen molar-refractivity contribution in [1.29, 1.82) is 0 Å². The van der Waals surface area contributed by atoms with Gasteiger partial charge in [0.2, 0.25) is 6.41 Å². The van der Waals surface area contributed by atoms with E-state index in [2.05, 4.69) is 4.98 Å². The third-order valence-corrected chi connectivity index (χ3v) is 3.26. The fourth-order valence-corrected chi connectivity index (χ4v) is 1.94. The minimum Gasteiger partial charge on any atom is -0.334 e. The van der Waals surface area contributed by atoms with E-state index in [0.29, 0.717) is 38.9 Å². The maximum atomic E-state index is 12.2. The van der Waals surface area contributed by atoms with E-state index in [1.807, 2.05) is 12.1 Å². The van der Waals surface area contributed by atoms with Gasteiger partial charge in [0.15, 0.2) is 0 Å². The molecule has 3 amide bonds. The number of carbonyl (C=O) groups excluding carboxylic acids is 3. The lowest BCUT2D eigenvalue weighted by molar-refractivity contribution is -0.153. The molecule has 1 aromatic rings. The van der Waals surface area contributed by atoms with Crippen LogP contribution in [-0.2, 0) is 20.8 Å². The van der Waals surface area contributed by atoms with Gasteiger partial charge in [0.05, 0.1) is 0 Å². The van der Waals surface area contributed by atoms with Gasteiger partial charge >= 0.3 is 11.8 Å². The summed E-state index contributed by atoms with van der Waals surface area (Å²) >= 11 is 0. The molecule has 0 bridgehead atoms. The Morgan fingerprint density at radius 1 is 1.23 bits per heavy atom. The molecule has 0 unspecified atom stereocenters. The molecule has 0 aromatic carbocycles. The summed E-state index contributed by atoms with van der Waals surface area (Å²) in [6.45, 7) is 3.12. The van der Waals surface area contributed by atoms with Gasteiger partial charge in [0, 0.05) is 32.0 Å². The topological polar surface area (TPSA) is 96.6 Å². The minimum absolute atomic E-state index is 0.159. The predicted molar refractivity (Wildman–Crippen MR) is 81.6 cm³/mol. The first-order valence-corrected chi connectivity index (χ1v) is 7.28. The van der Waals surface area contributed by atoms with Crippen LogP contribution in [0.4, 0.5) is 0 Å². The molecule has 0 aliphatic heterocycles. The smallest absolute Gasteiger partial charge is 0.318 e. The van der Waals surface area contributed by atoms with E-state index < -0.39 is 11.8 Å². The van der Waals surface area contributed by atoms with Gasteiger partial charge in [-0.1, -0.05) is 0 Å². The van der Waals surface area contributed by atoms with Crippen LogP contribution in [-0.4, -0.2) is 59.2 Å². The lowest BCUT2D eigenvalue weighted by atomic mass is 10.2. The Kier molecular flexibility index (Phi) is 7.77. The second-order valence-corrected chi connectivity index (χ2v) is 4.74. The van der Waals surface area contributed by atoms with Crippen molar-refractivity contribution in [3.8, 4) is 0 Å². The molecule has 2 N–H and O–H groups in total. The molecule has 7 heteroatoms. The molecule has 0 saturated heterocycles. The van der Waals surface area contributed by atoms with Crippen LogP contribution in [0, 0.1) is 0 Å². The number of nitrogens with zero attached hydrogens (tertiary/aromatic N) is 3. The monoisotopic (exact) mass is 306 g/mol. The molecule has 1 heterocycles. The van der Waals surface area contributed by atoms with E-state index in [1.54, 1.807) is 19.3 Å². The van der Waals surface area contributed by atoms with Gasteiger partial charge in [0.25, 0.3) is 0 Å². The summed E-state index contributed by atoms with van der Waals surface area (Å²) in [4.78, 5) is 41.4. The van der Waals surface area contributed by atoms with E-state index in [0.717, 1.165) is 10.5 Å². The fourth-order valence-electron chi connectivity index (χ4n) is 1.94. The largest absolute Gasteiger partial charge is 0.334 e. The summed E-state index contributed by atoms with van der Waals surface area (Å²) in [5.41, 5.74) is 6.38. The van der Waals surface area contributed by atoms with Gasteiger partial charge in [-0.05, 0) is 44.0 Å². The number of pyridine rings is 1. The molecular weight excluding hydrogens is 284 g/mol. The number of carbonyl (C=O) groups is 3. The molecule has 0 aliphatic carbocycles. The Bertz CT molecular complexity index is 493. The molecule has 0 fully saturated rings. The highest BCUT2D eigenvalue weighted by Crippen LogP contribution is 2.02. The first-order valence-electron chi connectivity index (χ1n) is 7.28. The van der Waals surface area contributed by atoms with Gasteiger partial charge in [0.1, 0.15) is 0 Å². The van der Waals surface area contributed by atoms with Crippen molar-refractivity contribution in [3.63, 3.8) is 0 Å². The molecule has 1 rings (SSSR count). The third kappa shape index (κ3) is 5.25. The Morgan fingerprint density at radius 2 is 1.91 bits per heavy atom. The Morgan fingerprint density at radius 3 is 2.45 bits per heavy atom. The number of imide groups is 1. The molecule has 1 aromatic heterocycles. The normalized spacial score (nSPS) is 10.1. The molecule has 22 heavy (non-hydrogen) atoms. The number of hydrogen-bond donors (Lipinski definition) is 1. The summed E-state index contributed by atoms with van der Waals surface area (Å²) in [6.07, 6.45) is 4.84. The predicted octanol–water partition coefficient (Wildman–Crippen LogP) is -0.194. The zero-order valence-electron chi connectivity index (χ0n) is 12.8. The van der Waals surface area contributed by atoms with Gasteiger partial charge in [-0.3, -0.25) is 24.3 Å². The average Bonchev–Trinajstić information content (AvgIpc) is 2.56. The Hall–Kier alpha value is -2.28. The van der Waals surface area contributed by atoms with E-state index >= 15 is 0 Å². The molecular formula is C15H22N4O3. The molecule has 0 radical (unpaired) electrons. The number of rotatable bonds is 8. The summed E-state index contributed by atoms with van der Waals surface area (Å²) in [6, 6.07) is 3.72. The summed E-state index contributed by atoms with van der Waals surface area (Å²) in [7, 11) is 0. The van der Waals surface area contributed by atoms with Crippen molar-refractivity contribution in [2.24, 2.45) is 5.73 Å². The van der Waals surface area contributed by atoms with Crippen molar-refractivity contribution < 1.29 is 14.4 Å². The Balaban J connectivity index is 2.62. The van der Waals surface area contributed by atoms with Crippen molar-refractivity contribution in [2.75, 3.05) is 26.2 Å². The van der Waals surface area contributed by atoms with Crippen LogP contribution in [0.15, 0.2) is 24.5 Å². The fraction of sp³-hybridized carbons (Fsp3) is 0.467. The van der Waals surface area contributed by atoms with Crippen LogP contribution < -0.4 is 5.73 Å².